The lowest BCUT2D eigenvalue weighted by Crippen LogP contribution is -2.33. The molecule has 1 aliphatic heterocycles. The number of amides is 2. The summed E-state index contributed by atoms with van der Waals surface area (Å²) >= 11 is 5.99. The van der Waals surface area contributed by atoms with E-state index in [2.05, 4.69) is 10.6 Å². The zero-order valence-corrected chi connectivity index (χ0v) is 15.3. The van der Waals surface area contributed by atoms with Crippen LogP contribution in [-0.4, -0.2) is 23.3 Å². The summed E-state index contributed by atoms with van der Waals surface area (Å²) in [7, 11) is 0. The monoisotopic (exact) mass is 389 g/mol. The Bertz CT molecular complexity index is 958. The number of nitro groups is 1. The molecule has 0 saturated carbocycles. The minimum Gasteiger partial charge on any atom is -0.490 e. The van der Waals surface area contributed by atoms with E-state index in [-0.39, 0.29) is 28.8 Å². The number of nitrogens with zero attached hydrogens (tertiary/aromatic N) is 1. The number of hydrogen-bond donors (Lipinski definition) is 2. The van der Waals surface area contributed by atoms with Crippen LogP contribution >= 0.6 is 11.6 Å². The molecule has 0 atom stereocenters. The van der Waals surface area contributed by atoms with Gasteiger partial charge in [-0.25, -0.2) is 0 Å². The molecule has 2 amide bonds. The minimum absolute atomic E-state index is 0.0257. The molecule has 0 bridgehead atoms. The van der Waals surface area contributed by atoms with Gasteiger partial charge >= 0.3 is 0 Å². The second-order valence-corrected chi connectivity index (χ2v) is 7.12. The summed E-state index contributed by atoms with van der Waals surface area (Å²) in [5.41, 5.74) is -0.158. The lowest BCUT2D eigenvalue weighted by atomic mass is 9.94. The van der Waals surface area contributed by atoms with Gasteiger partial charge in [0.05, 0.1) is 26.6 Å². The molecule has 8 nitrogen and oxygen atoms in total. The van der Waals surface area contributed by atoms with Crippen molar-refractivity contribution in [3.63, 3.8) is 0 Å². The zero-order valence-electron chi connectivity index (χ0n) is 14.5. The smallest absolute Gasteiger partial charge is 0.270 e. The van der Waals surface area contributed by atoms with Gasteiger partial charge in [0.15, 0.2) is 0 Å². The average Bonchev–Trinajstić information content (AvgIpc) is 2.71. The Balaban J connectivity index is 1.86. The van der Waals surface area contributed by atoms with Crippen LogP contribution in [0.1, 0.15) is 24.2 Å². The van der Waals surface area contributed by atoms with Gasteiger partial charge < -0.3 is 15.4 Å². The molecule has 27 heavy (non-hydrogen) atoms. The molecule has 2 N–H and O–H groups in total. The van der Waals surface area contributed by atoms with Gasteiger partial charge in [0.1, 0.15) is 12.4 Å². The van der Waals surface area contributed by atoms with Crippen LogP contribution in [0.2, 0.25) is 5.02 Å². The third-order valence-electron chi connectivity index (χ3n) is 4.09. The molecular weight excluding hydrogens is 374 g/mol. The molecule has 0 spiro atoms. The summed E-state index contributed by atoms with van der Waals surface area (Å²) in [5, 5.41) is 16.4. The quantitative estimate of drug-likeness (QED) is 0.611. The van der Waals surface area contributed by atoms with Crippen molar-refractivity contribution in [1.82, 2.24) is 0 Å². The lowest BCUT2D eigenvalue weighted by molar-refractivity contribution is -0.384. The van der Waals surface area contributed by atoms with Gasteiger partial charge in [-0.05, 0) is 38.1 Å². The van der Waals surface area contributed by atoms with E-state index in [4.69, 9.17) is 16.3 Å². The second-order valence-electron chi connectivity index (χ2n) is 6.71. The molecule has 2 aromatic rings. The number of hydrogen-bond acceptors (Lipinski definition) is 5. The topological polar surface area (TPSA) is 111 Å². The molecule has 0 aromatic heterocycles. The third-order valence-corrected chi connectivity index (χ3v) is 4.42. The Labute approximate surface area is 159 Å². The number of carbonyl (C=O) groups is 2. The van der Waals surface area contributed by atoms with Crippen molar-refractivity contribution in [2.75, 3.05) is 17.2 Å². The fourth-order valence-electron chi connectivity index (χ4n) is 2.45. The number of rotatable bonds is 3. The van der Waals surface area contributed by atoms with Crippen molar-refractivity contribution < 1.29 is 19.2 Å². The fraction of sp³-hybridized carbons (Fsp3) is 0.222. The summed E-state index contributed by atoms with van der Waals surface area (Å²) in [6.07, 6.45) is 0. The van der Waals surface area contributed by atoms with Gasteiger partial charge in [0.25, 0.3) is 11.6 Å². The van der Waals surface area contributed by atoms with Gasteiger partial charge in [-0.1, -0.05) is 11.6 Å². The molecular formula is C18H16ClN3O5. The largest absolute Gasteiger partial charge is 0.490 e. The van der Waals surface area contributed by atoms with E-state index in [1.165, 1.54) is 12.1 Å². The molecule has 1 heterocycles. The van der Waals surface area contributed by atoms with Crippen LogP contribution in [-0.2, 0) is 4.79 Å². The van der Waals surface area contributed by atoms with Crippen LogP contribution in [0.15, 0.2) is 36.4 Å². The van der Waals surface area contributed by atoms with Gasteiger partial charge in [-0.3, -0.25) is 19.7 Å². The first kappa shape index (κ1) is 18.7. The molecule has 0 unspecified atom stereocenters. The third kappa shape index (κ3) is 3.85. The Morgan fingerprint density at radius 2 is 2.04 bits per heavy atom. The van der Waals surface area contributed by atoms with Crippen LogP contribution in [0.5, 0.6) is 5.75 Å². The molecule has 0 radical (unpaired) electrons. The van der Waals surface area contributed by atoms with Crippen molar-refractivity contribution in [2.45, 2.75) is 13.8 Å². The highest BCUT2D eigenvalue weighted by Crippen LogP contribution is 2.34. The maximum absolute atomic E-state index is 12.5. The molecule has 9 heteroatoms. The predicted octanol–water partition coefficient (Wildman–Crippen LogP) is 3.86. The lowest BCUT2D eigenvalue weighted by Gasteiger charge is -2.18. The van der Waals surface area contributed by atoms with Gasteiger partial charge in [0.2, 0.25) is 5.91 Å². The number of fused-ring (bicyclic) bond motifs is 1. The standard InChI is InChI=1S/C18H16ClN3O5/c1-18(2)9-27-15-6-3-10(7-14(15)21-17(18)24)20-16(23)12-8-11(22(25)26)4-5-13(12)19/h3-8H,9H2,1-2H3,(H,20,23)(H,21,24). The number of anilines is 2. The number of halogens is 1. The Hall–Kier alpha value is -3.13. The van der Waals surface area contributed by atoms with E-state index in [1.807, 2.05) is 0 Å². The van der Waals surface area contributed by atoms with Crippen molar-refractivity contribution in [3.8, 4) is 5.75 Å². The molecule has 0 saturated heterocycles. The maximum atomic E-state index is 12.5. The van der Waals surface area contributed by atoms with Gasteiger partial charge in [-0.15, -0.1) is 0 Å². The molecule has 0 fully saturated rings. The van der Waals surface area contributed by atoms with E-state index < -0.39 is 16.2 Å². The summed E-state index contributed by atoms with van der Waals surface area (Å²) in [6, 6.07) is 8.40. The zero-order chi connectivity index (χ0) is 19.8. The molecule has 3 rings (SSSR count). The first-order chi connectivity index (χ1) is 12.7. The Kier molecular flexibility index (Phi) is 4.75. The normalized spacial score (nSPS) is 15.0. The number of non-ortho nitro benzene ring substituents is 1. The Morgan fingerprint density at radius 3 is 2.74 bits per heavy atom. The first-order valence-electron chi connectivity index (χ1n) is 8.01. The minimum atomic E-state index is -0.696. The fourth-order valence-corrected chi connectivity index (χ4v) is 2.65. The second kappa shape index (κ2) is 6.88. The van der Waals surface area contributed by atoms with Crippen LogP contribution < -0.4 is 15.4 Å². The van der Waals surface area contributed by atoms with Crippen LogP contribution in [0.4, 0.5) is 17.1 Å². The van der Waals surface area contributed by atoms with Crippen LogP contribution in [0.3, 0.4) is 0 Å². The van der Waals surface area contributed by atoms with Crippen molar-refractivity contribution in [1.29, 1.82) is 0 Å². The number of benzene rings is 2. The van der Waals surface area contributed by atoms with Crippen molar-refractivity contribution >= 4 is 40.5 Å². The summed E-state index contributed by atoms with van der Waals surface area (Å²) < 4.78 is 5.65. The first-order valence-corrected chi connectivity index (χ1v) is 8.39. The van der Waals surface area contributed by atoms with Gasteiger partial charge in [0, 0.05) is 17.8 Å². The number of carbonyl (C=O) groups excluding carboxylic acids is 2. The predicted molar refractivity (Wildman–Crippen MR) is 100 cm³/mol. The van der Waals surface area contributed by atoms with Crippen molar-refractivity contribution in [3.05, 3.63) is 57.1 Å². The maximum Gasteiger partial charge on any atom is 0.270 e. The van der Waals surface area contributed by atoms with E-state index >= 15 is 0 Å². The van der Waals surface area contributed by atoms with Crippen LogP contribution in [0.25, 0.3) is 0 Å². The molecule has 1 aliphatic rings. The highest BCUT2D eigenvalue weighted by atomic mass is 35.5. The summed E-state index contributed by atoms with van der Waals surface area (Å²) in [4.78, 5) is 35.0. The molecule has 2 aromatic carbocycles. The molecule has 140 valence electrons. The Morgan fingerprint density at radius 1 is 1.30 bits per heavy atom. The van der Waals surface area contributed by atoms with E-state index in [9.17, 15) is 19.7 Å². The highest BCUT2D eigenvalue weighted by molar-refractivity contribution is 6.34. The van der Waals surface area contributed by atoms with Crippen LogP contribution in [0, 0.1) is 15.5 Å². The van der Waals surface area contributed by atoms with E-state index in [1.54, 1.807) is 32.0 Å². The highest BCUT2D eigenvalue weighted by Gasteiger charge is 2.32. The summed E-state index contributed by atoms with van der Waals surface area (Å²) in [6.45, 7) is 3.75. The van der Waals surface area contributed by atoms with Gasteiger partial charge in [-0.2, -0.15) is 0 Å². The van der Waals surface area contributed by atoms with E-state index in [0.29, 0.717) is 17.1 Å². The van der Waals surface area contributed by atoms with E-state index in [0.717, 1.165) is 6.07 Å². The number of nitrogens with one attached hydrogen (secondary N) is 2. The van der Waals surface area contributed by atoms with Crippen molar-refractivity contribution in [2.24, 2.45) is 5.41 Å². The number of nitro benzene ring substituents is 1. The average molecular weight is 390 g/mol. The SMILES string of the molecule is CC1(C)COc2ccc(NC(=O)c3cc([N+](=O)[O-])ccc3Cl)cc2NC1=O. The molecule has 0 aliphatic carbocycles. The summed E-state index contributed by atoms with van der Waals surface area (Å²) in [5.74, 6) is -0.323. The number of ether oxygens (including phenoxy) is 1.